The van der Waals surface area contributed by atoms with Gasteiger partial charge in [0, 0.05) is 162 Å². The first-order chi connectivity index (χ1) is 45.5. The van der Waals surface area contributed by atoms with Gasteiger partial charge in [0.1, 0.15) is 12.4 Å². The summed E-state index contributed by atoms with van der Waals surface area (Å²) in [6.45, 7) is 11.5. The minimum atomic E-state index is -0.269. The highest BCUT2D eigenvalue weighted by atomic mass is 35.5. The molecule has 1 saturated heterocycles. The summed E-state index contributed by atoms with van der Waals surface area (Å²) >= 11 is 12.0. The summed E-state index contributed by atoms with van der Waals surface area (Å²) in [5, 5.41) is 11.6. The Bertz CT molecular complexity index is 4050. The zero-order chi connectivity index (χ0) is 66.3. The van der Waals surface area contributed by atoms with E-state index in [1.54, 1.807) is 11.0 Å². The maximum Gasteiger partial charge on any atom is 0.410 e. The van der Waals surface area contributed by atoms with E-state index in [4.69, 9.17) is 33.2 Å². The molecular weight excluding hydrogens is 1210 g/mol. The number of aromatic nitrogens is 1. The molecule has 8 heterocycles. The predicted molar refractivity (Wildman–Crippen MR) is 391 cm³/mol. The van der Waals surface area contributed by atoms with Crippen molar-refractivity contribution in [1.29, 1.82) is 5.26 Å². The normalized spacial score (nSPS) is 15.9. The highest BCUT2D eigenvalue weighted by Gasteiger charge is 2.45. The number of carbonyl (C=O) groups excluding carboxylic acids is 1. The molecule has 0 N–H and O–H groups in total. The van der Waals surface area contributed by atoms with Crippen molar-refractivity contribution >= 4 is 68.6 Å². The van der Waals surface area contributed by atoms with Crippen molar-refractivity contribution in [2.24, 2.45) is 7.05 Å². The van der Waals surface area contributed by atoms with Crippen LogP contribution in [0.1, 0.15) is 81.3 Å². The zero-order valence-electron chi connectivity index (χ0n) is 56.2. The number of nitrogens with zero attached hydrogens (tertiary/aromatic N) is 9. The number of hydrogen-bond acceptors (Lipinski definition) is 9. The molecule has 1 fully saturated rings. The Morgan fingerprint density at radius 3 is 1.85 bits per heavy atom. The topological polar surface area (TPSA) is 77.7 Å². The van der Waals surface area contributed by atoms with Crippen LogP contribution >= 0.6 is 23.2 Å². The van der Waals surface area contributed by atoms with E-state index in [0.717, 1.165) is 95.2 Å². The second-order valence-corrected chi connectivity index (χ2v) is 26.9. The van der Waals surface area contributed by atoms with Crippen LogP contribution in [0.2, 0.25) is 10.0 Å². The standard InChI is InChI=1S/C21H23FN2O2.2C10H12ClN.C10H8N2.2C10H13N.C9H11N/c1-23-15-21(18-13-17(22)7-8-19(18)23)9-11-24(12-10-21)20(25)26-14-16-5-3-2-4-6-16;1-12-7-3-4-8-9(11)5-2-6-10(8)12;1-12-5-4-8-2-3-10(11)6-9(8)7-12;1-12-6-5-9-8(7-11)3-2-4-10(9)12;1-8-3-4-9-5-6-11(2)10(9)7-8;1-11-8-4-6-9-5-2-3-7-10(9)11;1-10-7-6-8-4-2-3-5-9(8)10/h2-8,13H,9-12,14-15H2,1H3;2,5-6H,3-4,7H2,1H3;2-3,6H,4-5,7H2,1H3;2-6H,1H3;3-4,7H,5-6H2,1-2H3;2-3,5,7H,4,6,8H2,1H3;2-5H,6-7H2,1H3. The Morgan fingerprint density at radius 1 is 0.543 bits per heavy atom. The lowest BCUT2D eigenvalue weighted by Crippen LogP contribution is -2.47. The van der Waals surface area contributed by atoms with E-state index in [2.05, 4.69) is 163 Å². The molecule has 7 aliphatic rings. The van der Waals surface area contributed by atoms with E-state index in [1.165, 1.54) is 119 Å². The van der Waals surface area contributed by atoms with Crippen LogP contribution in [0.15, 0.2) is 182 Å². The number of piperidine rings is 1. The van der Waals surface area contributed by atoms with E-state index in [1.807, 2.05) is 104 Å². The fourth-order valence-electron chi connectivity index (χ4n) is 14.0. The van der Waals surface area contributed by atoms with E-state index < -0.39 is 0 Å². The Labute approximate surface area is 568 Å². The number of aryl methyl sites for hydroxylation is 3. The number of carbonyl (C=O) groups is 1. The highest BCUT2D eigenvalue weighted by Crippen LogP contribution is 2.47. The molecule has 0 radical (unpaired) electrons. The number of para-hydroxylation sites is 2. The summed E-state index contributed by atoms with van der Waals surface area (Å²) in [6, 6.07) is 60.9. The molecule has 14 heteroatoms. The van der Waals surface area contributed by atoms with Gasteiger partial charge in [-0.1, -0.05) is 120 Å². The molecule has 490 valence electrons. The predicted octanol–water partition coefficient (Wildman–Crippen LogP) is 16.8. The lowest BCUT2D eigenvalue weighted by Gasteiger charge is -2.39. The van der Waals surface area contributed by atoms with Crippen molar-refractivity contribution in [1.82, 2.24) is 14.4 Å². The molecule has 0 atom stereocenters. The highest BCUT2D eigenvalue weighted by molar-refractivity contribution is 6.31. The molecule has 0 unspecified atom stereocenters. The van der Waals surface area contributed by atoms with E-state index in [9.17, 15) is 9.18 Å². The molecule has 8 aromatic carbocycles. The molecule has 1 aromatic heterocycles. The van der Waals surface area contributed by atoms with Crippen LogP contribution in [0.25, 0.3) is 10.9 Å². The third kappa shape index (κ3) is 17.1. The van der Waals surface area contributed by atoms with Crippen molar-refractivity contribution in [3.05, 3.63) is 254 Å². The van der Waals surface area contributed by atoms with E-state index in [-0.39, 0.29) is 23.9 Å². The fourth-order valence-corrected chi connectivity index (χ4v) is 14.4. The van der Waals surface area contributed by atoms with Gasteiger partial charge in [0.25, 0.3) is 0 Å². The first-order valence-corrected chi connectivity index (χ1v) is 34.0. The Morgan fingerprint density at radius 2 is 1.15 bits per heavy atom. The second kappa shape index (κ2) is 32.1. The largest absolute Gasteiger partial charge is 0.445 e. The minimum absolute atomic E-state index is 0.0671. The van der Waals surface area contributed by atoms with Gasteiger partial charge in [-0.15, -0.1) is 0 Å². The third-order valence-electron chi connectivity index (χ3n) is 19.3. The third-order valence-corrected chi connectivity index (χ3v) is 19.9. The SMILES string of the molecule is CN1CC2(CCN(C(=O)OCc3ccccc3)CC2)c2cc(F)ccc21.CN1CCCc2c(Cl)cccc21.CN1CCCc2ccccc21.CN1CCc2ccc(Cl)cc2C1.CN1CCc2ccccc21.Cc1ccc2c(c1)N(C)CC2.Cn1ccc2c(C#N)cccc21. The number of ether oxygens (including phenoxy) is 1. The lowest BCUT2D eigenvalue weighted by atomic mass is 9.74. The van der Waals surface area contributed by atoms with Crippen LogP contribution in [0, 0.1) is 24.1 Å². The molecule has 7 aliphatic heterocycles. The van der Waals surface area contributed by atoms with Gasteiger partial charge >= 0.3 is 6.09 Å². The number of likely N-dealkylation sites (N-methyl/N-ethyl adjacent to an activating group) is 4. The number of amides is 1. The molecule has 1 spiro atoms. The van der Waals surface area contributed by atoms with Gasteiger partial charge in [-0.3, -0.25) is 0 Å². The van der Waals surface area contributed by atoms with Gasteiger partial charge in [-0.25, -0.2) is 9.18 Å². The number of fused-ring (bicyclic) bond motifs is 8. The summed E-state index contributed by atoms with van der Waals surface area (Å²) < 4.78 is 21.2. The molecule has 16 rings (SSSR count). The van der Waals surface area contributed by atoms with Crippen molar-refractivity contribution < 1.29 is 13.9 Å². The summed E-state index contributed by atoms with van der Waals surface area (Å²) in [4.78, 5) is 27.9. The number of anilines is 5. The maximum absolute atomic E-state index is 13.8. The van der Waals surface area contributed by atoms with Gasteiger partial charge in [0.05, 0.1) is 11.6 Å². The summed E-state index contributed by atoms with van der Waals surface area (Å²) in [6.07, 6.45) is 11.8. The van der Waals surface area contributed by atoms with Gasteiger partial charge < -0.3 is 43.6 Å². The smallest absolute Gasteiger partial charge is 0.410 e. The first kappa shape index (κ1) is 68.4. The summed E-state index contributed by atoms with van der Waals surface area (Å²) in [7, 11) is 14.8. The van der Waals surface area contributed by atoms with Crippen LogP contribution in [0.3, 0.4) is 0 Å². The maximum atomic E-state index is 13.8. The molecule has 11 nitrogen and oxygen atoms in total. The van der Waals surface area contributed by atoms with Crippen LogP contribution in [-0.4, -0.2) is 115 Å². The Balaban J connectivity index is 0.000000124. The van der Waals surface area contributed by atoms with Gasteiger partial charge in [-0.2, -0.15) is 5.26 Å². The minimum Gasteiger partial charge on any atom is -0.445 e. The van der Waals surface area contributed by atoms with Crippen LogP contribution < -0.4 is 24.5 Å². The molecule has 9 aromatic rings. The average molecular weight is 1300 g/mol. The molecular formula is C80H92Cl2FN9O2. The zero-order valence-corrected chi connectivity index (χ0v) is 57.7. The molecule has 1 amide bonds. The van der Waals surface area contributed by atoms with Gasteiger partial charge in [0.2, 0.25) is 0 Å². The number of halogens is 3. The number of likely N-dealkylation sites (tertiary alicyclic amines) is 1. The quantitative estimate of drug-likeness (QED) is 0.168. The van der Waals surface area contributed by atoms with Crippen molar-refractivity contribution in [2.75, 3.05) is 119 Å². The van der Waals surface area contributed by atoms with Gasteiger partial charge in [0.15, 0.2) is 0 Å². The molecule has 0 aliphatic carbocycles. The number of nitriles is 1. The Kier molecular flexibility index (Phi) is 23.4. The number of hydrogen-bond donors (Lipinski definition) is 0. The summed E-state index contributed by atoms with van der Waals surface area (Å²) in [5.41, 5.74) is 20.5. The first-order valence-electron chi connectivity index (χ1n) is 33.2. The second-order valence-electron chi connectivity index (χ2n) is 26.0. The monoisotopic (exact) mass is 1300 g/mol. The van der Waals surface area contributed by atoms with Crippen molar-refractivity contribution in [3.63, 3.8) is 0 Å². The molecule has 0 saturated carbocycles. The van der Waals surface area contributed by atoms with Crippen LogP contribution in [-0.2, 0) is 62.5 Å². The average Bonchev–Trinajstić information content (AvgIpc) is 1.59. The van der Waals surface area contributed by atoms with Crippen LogP contribution in [0.5, 0.6) is 0 Å². The molecule has 94 heavy (non-hydrogen) atoms. The fraction of sp³-hybridized carbons (Fsp3) is 0.350. The van der Waals surface area contributed by atoms with Crippen molar-refractivity contribution in [2.45, 2.75) is 83.3 Å². The summed E-state index contributed by atoms with van der Waals surface area (Å²) in [5.74, 6) is -0.192. The number of benzene rings is 8. The lowest BCUT2D eigenvalue weighted by molar-refractivity contribution is 0.0790. The number of rotatable bonds is 2. The Hall–Kier alpha value is -8.47. The molecule has 0 bridgehead atoms. The van der Waals surface area contributed by atoms with Crippen molar-refractivity contribution in [3.8, 4) is 6.07 Å². The van der Waals surface area contributed by atoms with E-state index >= 15 is 0 Å². The van der Waals surface area contributed by atoms with Gasteiger partial charge in [-0.05, 0) is 201 Å². The van der Waals surface area contributed by atoms with Crippen LogP contribution in [0.4, 0.5) is 37.6 Å². The van der Waals surface area contributed by atoms with E-state index in [0.29, 0.717) is 13.1 Å².